The molecule has 1 fully saturated rings. The molecule has 0 radical (unpaired) electrons. The fraction of sp³-hybridized carbons (Fsp3) is 0.647. The van der Waals surface area contributed by atoms with Gasteiger partial charge < -0.3 is 10.5 Å². The number of para-hydroxylation sites is 1. The van der Waals surface area contributed by atoms with Gasteiger partial charge in [0.25, 0.3) is 0 Å². The summed E-state index contributed by atoms with van der Waals surface area (Å²) in [6.07, 6.45) is 10.5. The summed E-state index contributed by atoms with van der Waals surface area (Å²) in [5.74, 6) is 1.90. The fourth-order valence-electron chi connectivity index (χ4n) is 3.62. The van der Waals surface area contributed by atoms with Gasteiger partial charge in [0.05, 0.1) is 6.61 Å². The first kappa shape index (κ1) is 13.0. The molecule has 1 atom stereocenters. The summed E-state index contributed by atoms with van der Waals surface area (Å²) < 4.78 is 5.78. The van der Waals surface area contributed by atoms with Gasteiger partial charge in [-0.3, -0.25) is 0 Å². The van der Waals surface area contributed by atoms with E-state index in [1.165, 1.54) is 49.7 Å². The smallest absolute Gasteiger partial charge is 0.127 e. The van der Waals surface area contributed by atoms with Gasteiger partial charge in [0, 0.05) is 18.0 Å². The Balaban J connectivity index is 1.70. The first-order valence-electron chi connectivity index (χ1n) is 7.85. The zero-order valence-electron chi connectivity index (χ0n) is 11.7. The average molecular weight is 259 g/mol. The molecule has 0 bridgehead atoms. The van der Waals surface area contributed by atoms with E-state index in [4.69, 9.17) is 10.5 Å². The minimum absolute atomic E-state index is 0.149. The van der Waals surface area contributed by atoms with Crippen LogP contribution in [0.2, 0.25) is 0 Å². The van der Waals surface area contributed by atoms with Crippen molar-refractivity contribution >= 4 is 0 Å². The van der Waals surface area contributed by atoms with Crippen LogP contribution >= 0.6 is 0 Å². The lowest BCUT2D eigenvalue weighted by Crippen LogP contribution is -2.16. The summed E-state index contributed by atoms with van der Waals surface area (Å²) >= 11 is 0. The fourth-order valence-corrected chi connectivity index (χ4v) is 3.62. The van der Waals surface area contributed by atoms with Gasteiger partial charge in [-0.05, 0) is 17.9 Å². The number of rotatable bonds is 3. The van der Waals surface area contributed by atoms with Gasteiger partial charge in [0.2, 0.25) is 0 Å². The second kappa shape index (κ2) is 5.96. The minimum Gasteiger partial charge on any atom is -0.493 e. The van der Waals surface area contributed by atoms with E-state index in [0.717, 1.165) is 31.1 Å². The van der Waals surface area contributed by atoms with Crippen molar-refractivity contribution in [1.29, 1.82) is 0 Å². The highest BCUT2D eigenvalue weighted by molar-refractivity contribution is 5.45. The van der Waals surface area contributed by atoms with Crippen molar-refractivity contribution in [1.82, 2.24) is 0 Å². The highest BCUT2D eigenvalue weighted by Gasteiger charge is 2.22. The highest BCUT2D eigenvalue weighted by Crippen LogP contribution is 2.36. The monoisotopic (exact) mass is 259 g/mol. The Morgan fingerprint density at radius 1 is 1.16 bits per heavy atom. The summed E-state index contributed by atoms with van der Waals surface area (Å²) in [6.45, 7) is 0.822. The molecule has 1 aliphatic heterocycles. The maximum atomic E-state index is 6.47. The van der Waals surface area contributed by atoms with Crippen LogP contribution in [-0.2, 0) is 6.42 Å². The van der Waals surface area contributed by atoms with Crippen molar-refractivity contribution in [2.75, 3.05) is 6.61 Å². The van der Waals surface area contributed by atoms with Gasteiger partial charge in [-0.25, -0.2) is 0 Å². The molecular weight excluding hydrogens is 234 g/mol. The quantitative estimate of drug-likeness (QED) is 0.833. The summed E-state index contributed by atoms with van der Waals surface area (Å²) in [4.78, 5) is 0. The van der Waals surface area contributed by atoms with Crippen molar-refractivity contribution in [2.45, 2.75) is 57.4 Å². The topological polar surface area (TPSA) is 35.2 Å². The van der Waals surface area contributed by atoms with E-state index in [1.807, 2.05) is 0 Å². The van der Waals surface area contributed by atoms with Crippen LogP contribution in [0.5, 0.6) is 5.75 Å². The molecule has 3 rings (SSSR count). The predicted molar refractivity (Wildman–Crippen MR) is 78.4 cm³/mol. The Hall–Kier alpha value is -1.02. The van der Waals surface area contributed by atoms with Crippen molar-refractivity contribution in [3.8, 4) is 5.75 Å². The van der Waals surface area contributed by atoms with E-state index in [9.17, 15) is 0 Å². The van der Waals surface area contributed by atoms with E-state index < -0.39 is 0 Å². The zero-order valence-corrected chi connectivity index (χ0v) is 11.7. The highest BCUT2D eigenvalue weighted by atomic mass is 16.5. The van der Waals surface area contributed by atoms with Crippen molar-refractivity contribution in [3.05, 3.63) is 29.3 Å². The van der Waals surface area contributed by atoms with Crippen LogP contribution in [-0.4, -0.2) is 6.61 Å². The van der Waals surface area contributed by atoms with Gasteiger partial charge >= 0.3 is 0 Å². The van der Waals surface area contributed by atoms with Crippen LogP contribution < -0.4 is 10.5 Å². The van der Waals surface area contributed by atoms with Gasteiger partial charge in [-0.1, -0.05) is 56.7 Å². The van der Waals surface area contributed by atoms with Gasteiger partial charge in [-0.2, -0.15) is 0 Å². The number of benzene rings is 1. The molecule has 0 saturated heterocycles. The first-order chi connectivity index (χ1) is 9.34. The van der Waals surface area contributed by atoms with Crippen LogP contribution in [0.15, 0.2) is 18.2 Å². The molecule has 2 heteroatoms. The van der Waals surface area contributed by atoms with Gasteiger partial charge in [0.15, 0.2) is 0 Å². The second-order valence-corrected chi connectivity index (χ2v) is 6.13. The van der Waals surface area contributed by atoms with E-state index in [2.05, 4.69) is 18.2 Å². The van der Waals surface area contributed by atoms with Crippen molar-refractivity contribution in [2.24, 2.45) is 11.7 Å². The Morgan fingerprint density at radius 3 is 2.74 bits per heavy atom. The number of hydrogen-bond donors (Lipinski definition) is 1. The number of hydrogen-bond acceptors (Lipinski definition) is 2. The maximum Gasteiger partial charge on any atom is 0.127 e. The van der Waals surface area contributed by atoms with Crippen LogP contribution in [0, 0.1) is 5.92 Å². The standard InChI is InChI=1S/C17H25NO/c18-16(12-13-6-3-1-2-4-7-13)15-9-5-8-14-10-11-19-17(14)15/h5,8-9,13,16H,1-4,6-7,10-12,18H2. The maximum absolute atomic E-state index is 6.47. The van der Waals surface area contributed by atoms with Crippen LogP contribution in [0.3, 0.4) is 0 Å². The molecule has 1 aromatic rings. The van der Waals surface area contributed by atoms with Gasteiger partial charge in [0.1, 0.15) is 5.75 Å². The van der Waals surface area contributed by atoms with Crippen molar-refractivity contribution in [3.63, 3.8) is 0 Å². The third kappa shape index (κ3) is 2.94. The van der Waals surface area contributed by atoms with Crippen LogP contribution in [0.4, 0.5) is 0 Å². The lowest BCUT2D eigenvalue weighted by atomic mass is 9.89. The molecule has 2 N–H and O–H groups in total. The van der Waals surface area contributed by atoms with E-state index in [0.29, 0.717) is 0 Å². The number of ether oxygens (including phenoxy) is 1. The second-order valence-electron chi connectivity index (χ2n) is 6.13. The Morgan fingerprint density at radius 2 is 1.95 bits per heavy atom. The zero-order chi connectivity index (χ0) is 13.1. The summed E-state index contributed by atoms with van der Waals surface area (Å²) in [7, 11) is 0. The first-order valence-corrected chi connectivity index (χ1v) is 7.85. The molecule has 0 aromatic heterocycles. The molecule has 1 unspecified atom stereocenters. The molecule has 0 spiro atoms. The third-order valence-corrected chi connectivity index (χ3v) is 4.71. The SMILES string of the molecule is NC(CC1CCCCCC1)c1cccc2c1OCC2. The third-order valence-electron chi connectivity index (χ3n) is 4.71. The minimum atomic E-state index is 0.149. The lowest BCUT2D eigenvalue weighted by Gasteiger charge is -2.21. The summed E-state index contributed by atoms with van der Waals surface area (Å²) in [5, 5.41) is 0. The Bertz CT molecular complexity index is 421. The van der Waals surface area contributed by atoms with Gasteiger partial charge in [-0.15, -0.1) is 0 Å². The molecule has 1 aliphatic carbocycles. The molecule has 0 amide bonds. The number of fused-ring (bicyclic) bond motifs is 1. The molecular formula is C17H25NO. The molecule has 1 heterocycles. The van der Waals surface area contributed by atoms with Crippen LogP contribution in [0.1, 0.15) is 62.1 Å². The van der Waals surface area contributed by atoms with Crippen LogP contribution in [0.25, 0.3) is 0 Å². The Labute approximate surface area is 116 Å². The molecule has 19 heavy (non-hydrogen) atoms. The van der Waals surface area contributed by atoms with E-state index >= 15 is 0 Å². The van der Waals surface area contributed by atoms with E-state index in [-0.39, 0.29) is 6.04 Å². The molecule has 1 saturated carbocycles. The van der Waals surface area contributed by atoms with E-state index in [1.54, 1.807) is 0 Å². The normalized spacial score (nSPS) is 21.5. The molecule has 2 nitrogen and oxygen atoms in total. The summed E-state index contributed by atoms with van der Waals surface area (Å²) in [5.41, 5.74) is 9.05. The lowest BCUT2D eigenvalue weighted by molar-refractivity contribution is 0.343. The average Bonchev–Trinajstić information content (AvgIpc) is 2.76. The molecule has 2 aliphatic rings. The largest absolute Gasteiger partial charge is 0.493 e. The molecule has 1 aromatic carbocycles. The molecule has 104 valence electrons. The summed E-state index contributed by atoms with van der Waals surface area (Å²) in [6, 6.07) is 6.61. The number of nitrogens with two attached hydrogens (primary N) is 1. The Kier molecular flexibility index (Phi) is 4.07. The predicted octanol–water partition coefficient (Wildman–Crippen LogP) is 3.98. The van der Waals surface area contributed by atoms with Crippen molar-refractivity contribution < 1.29 is 4.74 Å².